The zero-order chi connectivity index (χ0) is 12.3. The molecule has 0 aromatic carbocycles. The second-order valence-corrected chi connectivity index (χ2v) is 5.39. The van der Waals surface area contributed by atoms with Crippen molar-refractivity contribution in [2.45, 2.75) is 40.3 Å². The van der Waals surface area contributed by atoms with E-state index in [1.54, 1.807) is 11.3 Å². The van der Waals surface area contributed by atoms with Crippen molar-refractivity contribution >= 4 is 42.1 Å². The zero-order valence-electron chi connectivity index (χ0n) is 11.0. The Morgan fingerprint density at radius 1 is 1.39 bits per heavy atom. The monoisotopic (exact) mass is 313 g/mol. The van der Waals surface area contributed by atoms with E-state index in [1.807, 2.05) is 27.7 Å². The molecular formula is C11H21Cl2N3OS. The van der Waals surface area contributed by atoms with Gasteiger partial charge in [0.25, 0.3) is 0 Å². The average molecular weight is 314 g/mol. The van der Waals surface area contributed by atoms with Crippen LogP contribution in [0.15, 0.2) is 0 Å². The summed E-state index contributed by atoms with van der Waals surface area (Å²) in [5.74, 6) is -0.158. The maximum absolute atomic E-state index is 11.7. The summed E-state index contributed by atoms with van der Waals surface area (Å²) in [6, 6.07) is -0.121. The summed E-state index contributed by atoms with van der Waals surface area (Å²) in [6.07, 6.45) is 0. The minimum absolute atomic E-state index is 0. The van der Waals surface area contributed by atoms with E-state index >= 15 is 0 Å². The fourth-order valence-corrected chi connectivity index (χ4v) is 2.18. The lowest BCUT2D eigenvalue weighted by Crippen LogP contribution is -2.38. The molecule has 0 fully saturated rings. The van der Waals surface area contributed by atoms with Gasteiger partial charge in [-0.05, 0) is 20.8 Å². The fraction of sp³-hybridized carbons (Fsp3) is 0.636. The van der Waals surface area contributed by atoms with E-state index in [-0.39, 0.29) is 42.7 Å². The lowest BCUT2D eigenvalue weighted by Gasteiger charge is -2.14. The topological polar surface area (TPSA) is 68.0 Å². The summed E-state index contributed by atoms with van der Waals surface area (Å²) in [5.41, 5.74) is 6.67. The van der Waals surface area contributed by atoms with E-state index in [2.05, 4.69) is 10.3 Å². The Balaban J connectivity index is 0. The highest BCUT2D eigenvalue weighted by Gasteiger charge is 2.17. The highest BCUT2D eigenvalue weighted by atomic mass is 35.5. The summed E-state index contributed by atoms with van der Waals surface area (Å²) in [4.78, 5) is 17.1. The number of nitrogens with one attached hydrogen (secondary N) is 1. The molecule has 1 heterocycles. The van der Waals surface area contributed by atoms with Crippen LogP contribution in [0.25, 0.3) is 0 Å². The van der Waals surface area contributed by atoms with Gasteiger partial charge in [-0.25, -0.2) is 4.98 Å². The number of hydrogen-bond acceptors (Lipinski definition) is 4. The van der Waals surface area contributed by atoms with Crippen molar-refractivity contribution in [2.75, 3.05) is 0 Å². The van der Waals surface area contributed by atoms with Gasteiger partial charge in [0.1, 0.15) is 0 Å². The Labute approximate surface area is 125 Å². The van der Waals surface area contributed by atoms with Crippen LogP contribution in [0.1, 0.15) is 29.4 Å². The Morgan fingerprint density at radius 3 is 2.33 bits per heavy atom. The number of carbonyl (C=O) groups is 1. The van der Waals surface area contributed by atoms with Crippen molar-refractivity contribution in [3.8, 4) is 0 Å². The third-order valence-electron chi connectivity index (χ3n) is 2.63. The van der Waals surface area contributed by atoms with Crippen LogP contribution in [0.3, 0.4) is 0 Å². The number of nitrogens with two attached hydrogens (primary N) is 1. The molecule has 0 saturated heterocycles. The molecule has 4 nitrogen and oxygen atoms in total. The van der Waals surface area contributed by atoms with Crippen LogP contribution < -0.4 is 11.1 Å². The second kappa shape index (κ2) is 8.69. The average Bonchev–Trinajstić information content (AvgIpc) is 2.52. The SMILES string of the molecule is Cc1nc(C)c(CNC(=O)C(C)C(C)N)s1.Cl.Cl. The standard InChI is InChI=1S/C11H19N3OS.2ClH/c1-6(7(2)12)11(15)13-5-10-8(3)14-9(4)16-10;;/h6-7H,5,12H2,1-4H3,(H,13,15);2*1H. The molecule has 0 aliphatic heterocycles. The number of rotatable bonds is 4. The number of thiazole rings is 1. The van der Waals surface area contributed by atoms with Gasteiger partial charge in [-0.3, -0.25) is 4.79 Å². The van der Waals surface area contributed by atoms with Gasteiger partial charge in [-0.15, -0.1) is 36.2 Å². The molecule has 0 spiro atoms. The third kappa shape index (κ3) is 5.52. The van der Waals surface area contributed by atoms with Gasteiger partial charge < -0.3 is 11.1 Å². The number of hydrogen-bond donors (Lipinski definition) is 2. The normalized spacial score (nSPS) is 12.9. The molecule has 3 N–H and O–H groups in total. The van der Waals surface area contributed by atoms with E-state index in [0.29, 0.717) is 6.54 Å². The van der Waals surface area contributed by atoms with Crippen LogP contribution in [0.5, 0.6) is 0 Å². The Bertz CT molecular complexity index is 382. The predicted molar refractivity (Wildman–Crippen MR) is 80.7 cm³/mol. The molecular weight excluding hydrogens is 293 g/mol. The van der Waals surface area contributed by atoms with E-state index in [1.165, 1.54) is 0 Å². The molecule has 0 aliphatic carbocycles. The zero-order valence-corrected chi connectivity index (χ0v) is 13.5. The summed E-state index contributed by atoms with van der Waals surface area (Å²) in [7, 11) is 0. The van der Waals surface area contributed by atoms with Crippen LogP contribution in [0.4, 0.5) is 0 Å². The van der Waals surface area contributed by atoms with E-state index < -0.39 is 0 Å². The first-order valence-corrected chi connectivity index (χ1v) is 6.19. The molecule has 7 heteroatoms. The van der Waals surface area contributed by atoms with Gasteiger partial charge in [0.2, 0.25) is 5.91 Å². The lowest BCUT2D eigenvalue weighted by atomic mass is 10.0. The lowest BCUT2D eigenvalue weighted by molar-refractivity contribution is -0.125. The first-order chi connectivity index (χ1) is 7.41. The van der Waals surface area contributed by atoms with E-state index in [9.17, 15) is 4.79 Å². The molecule has 2 unspecified atom stereocenters. The molecule has 1 aromatic rings. The van der Waals surface area contributed by atoms with Gasteiger partial charge in [0.15, 0.2) is 0 Å². The van der Waals surface area contributed by atoms with Crippen molar-refractivity contribution in [1.82, 2.24) is 10.3 Å². The fourth-order valence-electron chi connectivity index (χ4n) is 1.30. The van der Waals surface area contributed by atoms with Crippen molar-refractivity contribution in [1.29, 1.82) is 0 Å². The van der Waals surface area contributed by atoms with Crippen molar-refractivity contribution in [3.63, 3.8) is 0 Å². The Morgan fingerprint density at radius 2 is 1.94 bits per heavy atom. The Hall–Kier alpha value is -0.360. The summed E-state index contributed by atoms with van der Waals surface area (Å²) < 4.78 is 0. The summed E-state index contributed by atoms with van der Waals surface area (Å²) >= 11 is 1.62. The first-order valence-electron chi connectivity index (χ1n) is 5.38. The minimum atomic E-state index is -0.158. The van der Waals surface area contributed by atoms with Crippen LogP contribution >= 0.6 is 36.2 Å². The number of halogens is 2. The number of nitrogens with zero attached hydrogens (tertiary/aromatic N) is 1. The summed E-state index contributed by atoms with van der Waals surface area (Å²) in [5, 5.41) is 3.92. The maximum atomic E-state index is 11.7. The molecule has 0 bridgehead atoms. The first kappa shape index (κ1) is 20.0. The van der Waals surface area contributed by atoms with Crippen LogP contribution in [0.2, 0.25) is 0 Å². The minimum Gasteiger partial charge on any atom is -0.351 e. The molecule has 0 radical (unpaired) electrons. The Kier molecular flexibility index (Phi) is 9.64. The number of amides is 1. The van der Waals surface area contributed by atoms with Gasteiger partial charge in [-0.1, -0.05) is 6.92 Å². The van der Waals surface area contributed by atoms with Gasteiger partial charge in [0.05, 0.1) is 17.2 Å². The molecule has 0 saturated carbocycles. The van der Waals surface area contributed by atoms with Crippen LogP contribution in [0, 0.1) is 19.8 Å². The molecule has 1 amide bonds. The van der Waals surface area contributed by atoms with Gasteiger partial charge in [0, 0.05) is 16.8 Å². The van der Waals surface area contributed by atoms with Crippen LogP contribution in [-0.2, 0) is 11.3 Å². The van der Waals surface area contributed by atoms with Crippen molar-refractivity contribution < 1.29 is 4.79 Å². The smallest absolute Gasteiger partial charge is 0.224 e. The number of aryl methyl sites for hydroxylation is 2. The number of carbonyl (C=O) groups excluding carboxylic acids is 1. The molecule has 2 atom stereocenters. The summed E-state index contributed by atoms with van der Waals surface area (Å²) in [6.45, 7) is 8.15. The number of aromatic nitrogens is 1. The van der Waals surface area contributed by atoms with Gasteiger partial charge >= 0.3 is 0 Å². The highest BCUT2D eigenvalue weighted by Crippen LogP contribution is 2.16. The molecule has 106 valence electrons. The largest absolute Gasteiger partial charge is 0.351 e. The van der Waals surface area contributed by atoms with E-state index in [0.717, 1.165) is 15.6 Å². The molecule has 18 heavy (non-hydrogen) atoms. The van der Waals surface area contributed by atoms with E-state index in [4.69, 9.17) is 5.73 Å². The quantitative estimate of drug-likeness (QED) is 0.895. The highest BCUT2D eigenvalue weighted by molar-refractivity contribution is 7.11. The van der Waals surface area contributed by atoms with Gasteiger partial charge in [-0.2, -0.15) is 0 Å². The second-order valence-electron chi connectivity index (χ2n) is 4.11. The third-order valence-corrected chi connectivity index (χ3v) is 3.70. The molecule has 1 rings (SSSR count). The van der Waals surface area contributed by atoms with Crippen LogP contribution in [-0.4, -0.2) is 16.9 Å². The molecule has 0 aliphatic rings. The predicted octanol–water partition coefficient (Wildman–Crippen LogP) is 2.20. The van der Waals surface area contributed by atoms with Crippen molar-refractivity contribution in [3.05, 3.63) is 15.6 Å². The maximum Gasteiger partial charge on any atom is 0.224 e. The van der Waals surface area contributed by atoms with Crippen molar-refractivity contribution in [2.24, 2.45) is 11.7 Å². The molecule has 1 aromatic heterocycles.